The molecular formula is C13H25N3O. The van der Waals surface area contributed by atoms with Gasteiger partial charge in [0, 0.05) is 6.54 Å². The molecule has 0 aromatic rings. The fourth-order valence-electron chi connectivity index (χ4n) is 2.95. The third-order valence-corrected chi connectivity index (χ3v) is 4.18. The molecule has 2 rings (SSSR count). The quantitative estimate of drug-likeness (QED) is 0.791. The van der Waals surface area contributed by atoms with Crippen LogP contribution in [0.15, 0.2) is 0 Å². The number of amides is 1. The van der Waals surface area contributed by atoms with E-state index in [0.29, 0.717) is 12.5 Å². The van der Waals surface area contributed by atoms with Crippen LogP contribution >= 0.6 is 0 Å². The lowest BCUT2D eigenvalue weighted by Crippen LogP contribution is -2.43. The molecule has 17 heavy (non-hydrogen) atoms. The minimum atomic E-state index is 0.284. The Balaban J connectivity index is 1.82. The summed E-state index contributed by atoms with van der Waals surface area (Å²) in [6.45, 7) is 9.42. The van der Waals surface area contributed by atoms with Crippen LogP contribution in [0.5, 0.6) is 0 Å². The molecule has 1 unspecified atom stereocenters. The molecule has 0 saturated carbocycles. The normalized spacial score (nSPS) is 28.0. The maximum absolute atomic E-state index is 11.8. The lowest BCUT2D eigenvalue weighted by atomic mass is 9.96. The number of carbonyl (C=O) groups is 1. The average Bonchev–Trinajstić information content (AvgIpc) is 2.71. The number of rotatable bonds is 4. The Kier molecular flexibility index (Phi) is 4.40. The van der Waals surface area contributed by atoms with Gasteiger partial charge < -0.3 is 9.80 Å². The Morgan fingerprint density at radius 3 is 2.59 bits per heavy atom. The number of carbonyl (C=O) groups excluding carboxylic acids is 1. The topological polar surface area (TPSA) is 35.6 Å². The van der Waals surface area contributed by atoms with Crippen LogP contribution in [0.2, 0.25) is 0 Å². The Morgan fingerprint density at radius 2 is 2.00 bits per heavy atom. The predicted molar refractivity (Wildman–Crippen MR) is 68.6 cm³/mol. The highest BCUT2D eigenvalue weighted by atomic mass is 16.2. The molecule has 2 heterocycles. The molecule has 4 nitrogen and oxygen atoms in total. The molecule has 2 aliphatic heterocycles. The number of likely N-dealkylation sites (tertiary alicyclic amines) is 1. The van der Waals surface area contributed by atoms with Crippen molar-refractivity contribution in [2.24, 2.45) is 5.92 Å². The first-order valence-electron chi connectivity index (χ1n) is 6.99. The molecule has 2 fully saturated rings. The van der Waals surface area contributed by atoms with Crippen molar-refractivity contribution in [1.29, 1.82) is 0 Å². The third-order valence-electron chi connectivity index (χ3n) is 4.18. The fourth-order valence-corrected chi connectivity index (χ4v) is 2.95. The lowest BCUT2D eigenvalue weighted by Gasteiger charge is -2.34. The van der Waals surface area contributed by atoms with Crippen LogP contribution in [0.25, 0.3) is 0 Å². The summed E-state index contributed by atoms with van der Waals surface area (Å²) in [7, 11) is 0. The molecule has 4 heteroatoms. The maximum atomic E-state index is 11.8. The summed E-state index contributed by atoms with van der Waals surface area (Å²) in [5.74, 6) is 0.991. The van der Waals surface area contributed by atoms with Crippen molar-refractivity contribution < 1.29 is 4.79 Å². The minimum Gasteiger partial charge on any atom is -0.326 e. The highest BCUT2D eigenvalue weighted by Gasteiger charge is 2.31. The van der Waals surface area contributed by atoms with Crippen LogP contribution in [0, 0.1) is 5.92 Å². The summed E-state index contributed by atoms with van der Waals surface area (Å²) in [6, 6.07) is 0. The van der Waals surface area contributed by atoms with Crippen molar-refractivity contribution >= 4 is 5.91 Å². The monoisotopic (exact) mass is 239 g/mol. The van der Waals surface area contributed by atoms with E-state index in [0.717, 1.165) is 19.5 Å². The number of piperidine rings is 1. The Morgan fingerprint density at radius 1 is 1.29 bits per heavy atom. The van der Waals surface area contributed by atoms with Crippen molar-refractivity contribution in [2.45, 2.75) is 39.3 Å². The Bertz CT molecular complexity index is 261. The second kappa shape index (κ2) is 5.83. The second-order valence-corrected chi connectivity index (χ2v) is 5.23. The van der Waals surface area contributed by atoms with Gasteiger partial charge in [-0.3, -0.25) is 10.1 Å². The standard InChI is InChI=1S/C13H25N3O/c1-3-12-14-9-13(17)16(12)10-11-5-7-15(4-2)8-6-11/h11-12,14H,3-10H2,1-2H3. The highest BCUT2D eigenvalue weighted by Crippen LogP contribution is 2.20. The lowest BCUT2D eigenvalue weighted by molar-refractivity contribution is -0.128. The first-order chi connectivity index (χ1) is 8.24. The van der Waals surface area contributed by atoms with Crippen molar-refractivity contribution in [3.8, 4) is 0 Å². The van der Waals surface area contributed by atoms with Crippen molar-refractivity contribution in [3.05, 3.63) is 0 Å². The molecule has 1 atom stereocenters. The molecule has 1 N–H and O–H groups in total. The van der Waals surface area contributed by atoms with Gasteiger partial charge in [-0.05, 0) is 44.8 Å². The van der Waals surface area contributed by atoms with E-state index in [1.807, 2.05) is 0 Å². The van der Waals surface area contributed by atoms with Gasteiger partial charge in [-0.15, -0.1) is 0 Å². The third kappa shape index (κ3) is 2.99. The van der Waals surface area contributed by atoms with E-state index in [2.05, 4.69) is 29.0 Å². The van der Waals surface area contributed by atoms with Gasteiger partial charge in [-0.2, -0.15) is 0 Å². The highest BCUT2D eigenvalue weighted by molar-refractivity contribution is 5.80. The number of hydrogen-bond acceptors (Lipinski definition) is 3. The molecule has 0 aliphatic carbocycles. The van der Waals surface area contributed by atoms with E-state index < -0.39 is 0 Å². The van der Waals surface area contributed by atoms with Gasteiger partial charge in [0.05, 0.1) is 12.7 Å². The van der Waals surface area contributed by atoms with Gasteiger partial charge in [0.2, 0.25) is 5.91 Å². The van der Waals surface area contributed by atoms with E-state index in [4.69, 9.17) is 0 Å². The molecular weight excluding hydrogens is 214 g/mol. The fraction of sp³-hybridized carbons (Fsp3) is 0.923. The first kappa shape index (κ1) is 12.8. The van der Waals surface area contributed by atoms with Crippen LogP contribution in [-0.4, -0.2) is 54.6 Å². The van der Waals surface area contributed by atoms with Crippen molar-refractivity contribution in [2.75, 3.05) is 32.7 Å². The number of nitrogens with one attached hydrogen (secondary N) is 1. The van der Waals surface area contributed by atoms with E-state index in [-0.39, 0.29) is 12.1 Å². The molecule has 0 radical (unpaired) electrons. The summed E-state index contributed by atoms with van der Waals surface area (Å²) < 4.78 is 0. The van der Waals surface area contributed by atoms with Crippen molar-refractivity contribution in [3.63, 3.8) is 0 Å². The average molecular weight is 239 g/mol. The number of hydrogen-bond donors (Lipinski definition) is 1. The van der Waals surface area contributed by atoms with Crippen LogP contribution in [-0.2, 0) is 4.79 Å². The van der Waals surface area contributed by atoms with Crippen LogP contribution in [0.3, 0.4) is 0 Å². The summed E-state index contributed by atoms with van der Waals surface area (Å²) in [4.78, 5) is 16.4. The Labute approximate surface area is 104 Å². The van der Waals surface area contributed by atoms with E-state index in [9.17, 15) is 4.79 Å². The van der Waals surface area contributed by atoms with Crippen LogP contribution in [0.1, 0.15) is 33.1 Å². The van der Waals surface area contributed by atoms with Gasteiger partial charge >= 0.3 is 0 Å². The summed E-state index contributed by atoms with van der Waals surface area (Å²) in [5.41, 5.74) is 0. The summed E-state index contributed by atoms with van der Waals surface area (Å²) >= 11 is 0. The number of nitrogens with zero attached hydrogens (tertiary/aromatic N) is 2. The molecule has 1 amide bonds. The van der Waals surface area contributed by atoms with E-state index in [1.165, 1.54) is 25.9 Å². The van der Waals surface area contributed by atoms with Crippen molar-refractivity contribution in [1.82, 2.24) is 15.1 Å². The van der Waals surface area contributed by atoms with E-state index in [1.54, 1.807) is 0 Å². The van der Waals surface area contributed by atoms with Gasteiger partial charge in [-0.25, -0.2) is 0 Å². The maximum Gasteiger partial charge on any atom is 0.237 e. The smallest absolute Gasteiger partial charge is 0.237 e. The van der Waals surface area contributed by atoms with Crippen LogP contribution < -0.4 is 5.32 Å². The van der Waals surface area contributed by atoms with Gasteiger partial charge in [-0.1, -0.05) is 13.8 Å². The minimum absolute atomic E-state index is 0.284. The van der Waals surface area contributed by atoms with E-state index >= 15 is 0 Å². The molecule has 98 valence electrons. The molecule has 0 spiro atoms. The second-order valence-electron chi connectivity index (χ2n) is 5.23. The molecule has 0 aromatic heterocycles. The summed E-state index contributed by atoms with van der Waals surface area (Å²) in [5, 5.41) is 3.28. The zero-order valence-electron chi connectivity index (χ0n) is 11.1. The molecule has 0 aromatic carbocycles. The zero-order chi connectivity index (χ0) is 12.3. The van der Waals surface area contributed by atoms with Gasteiger partial charge in [0.15, 0.2) is 0 Å². The van der Waals surface area contributed by atoms with Gasteiger partial charge in [0.1, 0.15) is 0 Å². The largest absolute Gasteiger partial charge is 0.326 e. The summed E-state index contributed by atoms with van der Waals surface area (Å²) in [6.07, 6.45) is 3.79. The molecule has 2 saturated heterocycles. The predicted octanol–water partition coefficient (Wildman–Crippen LogP) is 0.886. The Hall–Kier alpha value is -0.610. The SMILES string of the molecule is CCC1NCC(=O)N1CC1CCN(CC)CC1. The first-order valence-corrected chi connectivity index (χ1v) is 6.99. The molecule has 0 bridgehead atoms. The zero-order valence-corrected chi connectivity index (χ0v) is 11.1. The van der Waals surface area contributed by atoms with Gasteiger partial charge in [0.25, 0.3) is 0 Å². The van der Waals surface area contributed by atoms with Crippen LogP contribution in [0.4, 0.5) is 0 Å². The molecule has 2 aliphatic rings.